The fourth-order valence-corrected chi connectivity index (χ4v) is 3.20. The van der Waals surface area contributed by atoms with Crippen molar-refractivity contribution in [2.24, 2.45) is 0 Å². The number of hydrogen-bond acceptors (Lipinski definition) is 1. The van der Waals surface area contributed by atoms with Crippen LogP contribution in [0.1, 0.15) is 105 Å². The number of aromatic nitrogens is 2. The van der Waals surface area contributed by atoms with Gasteiger partial charge in [-0.3, -0.25) is 0 Å². The van der Waals surface area contributed by atoms with E-state index in [0.29, 0.717) is 0 Å². The highest BCUT2D eigenvalue weighted by Crippen LogP contribution is 2.39. The summed E-state index contributed by atoms with van der Waals surface area (Å²) in [7, 11) is 0. The minimum Gasteiger partial charge on any atom is -0.345 e. The third-order valence-corrected chi connectivity index (χ3v) is 4.48. The zero-order chi connectivity index (χ0) is 16.5. The minimum absolute atomic E-state index is 0.0671. The highest BCUT2D eigenvalue weighted by Gasteiger charge is 2.35. The summed E-state index contributed by atoms with van der Waals surface area (Å²) in [5.74, 6) is 1.13. The Morgan fingerprint density at radius 1 is 0.810 bits per heavy atom. The SMILES string of the molecule is CCCC(C)(C)c1nc(C(C)(C)C)[nH]c1C(C)(C)CCC. The molecular formula is C19H36N2. The van der Waals surface area contributed by atoms with Crippen molar-refractivity contribution in [1.29, 1.82) is 0 Å². The second-order valence-electron chi connectivity index (χ2n) is 8.83. The van der Waals surface area contributed by atoms with Gasteiger partial charge < -0.3 is 4.98 Å². The van der Waals surface area contributed by atoms with Gasteiger partial charge in [-0.25, -0.2) is 4.98 Å². The normalized spacial score (nSPS) is 13.8. The van der Waals surface area contributed by atoms with E-state index in [4.69, 9.17) is 4.98 Å². The molecule has 21 heavy (non-hydrogen) atoms. The summed E-state index contributed by atoms with van der Waals surface area (Å²) in [6, 6.07) is 0. The van der Waals surface area contributed by atoms with Crippen molar-refractivity contribution in [2.75, 3.05) is 0 Å². The monoisotopic (exact) mass is 292 g/mol. The lowest BCUT2D eigenvalue weighted by molar-refractivity contribution is 0.415. The van der Waals surface area contributed by atoms with Gasteiger partial charge in [-0.1, -0.05) is 75.2 Å². The van der Waals surface area contributed by atoms with Crippen LogP contribution in [-0.4, -0.2) is 9.97 Å². The summed E-state index contributed by atoms with van der Waals surface area (Å²) >= 11 is 0. The molecule has 122 valence electrons. The molecule has 0 aliphatic heterocycles. The third-order valence-electron chi connectivity index (χ3n) is 4.48. The van der Waals surface area contributed by atoms with Gasteiger partial charge in [0.15, 0.2) is 0 Å². The molecule has 0 aliphatic rings. The number of rotatable bonds is 6. The fraction of sp³-hybridized carbons (Fsp3) is 0.842. The molecule has 0 aromatic carbocycles. The Bertz CT molecular complexity index is 423. The molecule has 0 atom stereocenters. The van der Waals surface area contributed by atoms with Crippen LogP contribution in [0.4, 0.5) is 0 Å². The minimum atomic E-state index is 0.0671. The van der Waals surface area contributed by atoms with Crippen molar-refractivity contribution < 1.29 is 0 Å². The van der Waals surface area contributed by atoms with E-state index in [1.807, 2.05) is 0 Å². The maximum absolute atomic E-state index is 5.06. The lowest BCUT2D eigenvalue weighted by Gasteiger charge is -2.30. The lowest BCUT2D eigenvalue weighted by Crippen LogP contribution is -2.26. The molecule has 0 saturated heterocycles. The Morgan fingerprint density at radius 3 is 1.71 bits per heavy atom. The number of nitrogens with zero attached hydrogens (tertiary/aromatic N) is 1. The number of aromatic amines is 1. The molecular weight excluding hydrogens is 256 g/mol. The highest BCUT2D eigenvalue weighted by atomic mass is 15.0. The summed E-state index contributed by atoms with van der Waals surface area (Å²) < 4.78 is 0. The number of hydrogen-bond donors (Lipinski definition) is 1. The van der Waals surface area contributed by atoms with E-state index in [0.717, 1.165) is 5.82 Å². The fourth-order valence-electron chi connectivity index (χ4n) is 3.20. The van der Waals surface area contributed by atoms with Crippen LogP contribution < -0.4 is 0 Å². The maximum Gasteiger partial charge on any atom is 0.112 e. The average Bonchev–Trinajstić information content (AvgIpc) is 2.74. The van der Waals surface area contributed by atoms with Gasteiger partial charge in [-0.2, -0.15) is 0 Å². The van der Waals surface area contributed by atoms with Crippen molar-refractivity contribution >= 4 is 0 Å². The van der Waals surface area contributed by atoms with Crippen molar-refractivity contribution in [2.45, 2.75) is 104 Å². The van der Waals surface area contributed by atoms with Crippen molar-refractivity contribution in [3.05, 3.63) is 17.2 Å². The quantitative estimate of drug-likeness (QED) is 0.698. The van der Waals surface area contributed by atoms with E-state index in [1.165, 1.54) is 37.1 Å². The topological polar surface area (TPSA) is 28.7 Å². The zero-order valence-corrected chi connectivity index (χ0v) is 15.8. The van der Waals surface area contributed by atoms with E-state index >= 15 is 0 Å². The van der Waals surface area contributed by atoms with Gasteiger partial charge in [0.1, 0.15) is 5.82 Å². The summed E-state index contributed by atoms with van der Waals surface area (Å²) in [5.41, 5.74) is 3.00. The van der Waals surface area contributed by atoms with Gasteiger partial charge >= 0.3 is 0 Å². The highest BCUT2D eigenvalue weighted by molar-refractivity contribution is 5.31. The van der Waals surface area contributed by atoms with E-state index < -0.39 is 0 Å². The first kappa shape index (κ1) is 18.3. The molecule has 2 nitrogen and oxygen atoms in total. The Kier molecular flexibility index (Phi) is 5.34. The molecule has 0 fully saturated rings. The molecule has 1 rings (SSSR count). The first-order valence-corrected chi connectivity index (χ1v) is 8.57. The van der Waals surface area contributed by atoms with Crippen LogP contribution in [0.25, 0.3) is 0 Å². The Balaban J connectivity index is 3.43. The van der Waals surface area contributed by atoms with E-state index in [1.54, 1.807) is 0 Å². The predicted octanol–water partition coefficient (Wildman–Crippen LogP) is 5.86. The first-order valence-electron chi connectivity index (χ1n) is 8.57. The van der Waals surface area contributed by atoms with E-state index in [9.17, 15) is 0 Å². The molecule has 0 saturated carbocycles. The molecule has 0 amide bonds. The van der Waals surface area contributed by atoms with Crippen LogP contribution in [0.2, 0.25) is 0 Å². The number of imidazole rings is 1. The molecule has 0 radical (unpaired) electrons. The van der Waals surface area contributed by atoms with Crippen LogP contribution in [-0.2, 0) is 16.2 Å². The summed E-state index contributed by atoms with van der Waals surface area (Å²) in [6.45, 7) is 20.6. The van der Waals surface area contributed by atoms with Crippen LogP contribution in [0, 0.1) is 0 Å². The molecule has 1 aromatic rings. The lowest BCUT2D eigenvalue weighted by atomic mass is 9.76. The van der Waals surface area contributed by atoms with Crippen LogP contribution in [0.5, 0.6) is 0 Å². The van der Waals surface area contributed by atoms with Crippen molar-refractivity contribution in [3.63, 3.8) is 0 Å². The van der Waals surface area contributed by atoms with Gasteiger partial charge in [0.25, 0.3) is 0 Å². The first-order chi connectivity index (χ1) is 9.45. The molecule has 1 heterocycles. The maximum atomic E-state index is 5.06. The molecule has 2 heteroatoms. The molecule has 1 aromatic heterocycles. The number of nitrogens with one attached hydrogen (secondary N) is 1. The van der Waals surface area contributed by atoms with Crippen molar-refractivity contribution in [1.82, 2.24) is 9.97 Å². The molecule has 0 aliphatic carbocycles. The summed E-state index contributed by atoms with van der Waals surface area (Å²) in [4.78, 5) is 8.76. The molecule has 0 unspecified atom stereocenters. The summed E-state index contributed by atoms with van der Waals surface area (Å²) in [5, 5.41) is 0. The van der Waals surface area contributed by atoms with Crippen LogP contribution in [0.3, 0.4) is 0 Å². The molecule has 1 N–H and O–H groups in total. The van der Waals surface area contributed by atoms with Gasteiger partial charge in [-0.05, 0) is 12.8 Å². The standard InChI is InChI=1S/C19H36N2/c1-10-12-18(6,7)14-15(19(8,9)13-11-2)21-16(20-14)17(3,4)5/h10-13H2,1-9H3,(H,20,21). The van der Waals surface area contributed by atoms with E-state index in [2.05, 4.69) is 67.3 Å². The smallest absolute Gasteiger partial charge is 0.112 e. The molecule has 0 spiro atoms. The van der Waals surface area contributed by atoms with Gasteiger partial charge in [0, 0.05) is 21.9 Å². The Hall–Kier alpha value is -0.790. The zero-order valence-electron chi connectivity index (χ0n) is 15.8. The second kappa shape index (κ2) is 6.14. The largest absolute Gasteiger partial charge is 0.345 e. The Morgan fingerprint density at radius 2 is 1.29 bits per heavy atom. The number of H-pyrrole nitrogens is 1. The predicted molar refractivity (Wildman–Crippen MR) is 93.2 cm³/mol. The second-order valence-corrected chi connectivity index (χ2v) is 8.83. The van der Waals surface area contributed by atoms with Crippen LogP contribution in [0.15, 0.2) is 0 Å². The Labute approximate surface area is 132 Å². The van der Waals surface area contributed by atoms with Gasteiger partial charge in [-0.15, -0.1) is 0 Å². The third kappa shape index (κ3) is 4.11. The van der Waals surface area contributed by atoms with Gasteiger partial charge in [0.05, 0.1) is 5.69 Å². The van der Waals surface area contributed by atoms with Crippen LogP contribution >= 0.6 is 0 Å². The van der Waals surface area contributed by atoms with Crippen molar-refractivity contribution in [3.8, 4) is 0 Å². The average molecular weight is 293 g/mol. The summed E-state index contributed by atoms with van der Waals surface area (Å²) in [6.07, 6.45) is 4.76. The van der Waals surface area contributed by atoms with E-state index in [-0.39, 0.29) is 16.2 Å². The van der Waals surface area contributed by atoms with Gasteiger partial charge in [0.2, 0.25) is 0 Å². The molecule has 0 bridgehead atoms.